The van der Waals surface area contributed by atoms with Gasteiger partial charge in [0.05, 0.1) is 33.5 Å². The molecule has 10 nitrogen and oxygen atoms in total. The number of H-pyrrole nitrogens is 1. The molecule has 3 heterocycles. The zero-order chi connectivity index (χ0) is 29.4. The van der Waals surface area contributed by atoms with Gasteiger partial charge in [0.2, 0.25) is 0 Å². The molecule has 0 saturated heterocycles. The van der Waals surface area contributed by atoms with E-state index in [0.29, 0.717) is 34.4 Å². The van der Waals surface area contributed by atoms with Crippen LogP contribution in [0, 0.1) is 6.92 Å². The van der Waals surface area contributed by atoms with Crippen LogP contribution in [0.3, 0.4) is 0 Å². The number of carbonyl (C=O) groups is 1. The molecule has 5 aromatic rings. The maximum absolute atomic E-state index is 13.0. The number of aromatic nitrogens is 3. The molecule has 41 heavy (non-hydrogen) atoms. The number of para-hydroxylation sites is 1. The zero-order valence-electron chi connectivity index (χ0n) is 22.1. The normalized spacial score (nSPS) is 16.3. The summed E-state index contributed by atoms with van der Waals surface area (Å²) in [4.78, 5) is 30.7. The predicted octanol–water partition coefficient (Wildman–Crippen LogP) is 4.04. The van der Waals surface area contributed by atoms with Crippen molar-refractivity contribution in [3.05, 3.63) is 124 Å². The lowest BCUT2D eigenvalue weighted by Gasteiger charge is -2.20. The van der Waals surface area contributed by atoms with Gasteiger partial charge in [-0.2, -0.15) is 13.5 Å². The topological polar surface area (TPSA) is 154 Å². The van der Waals surface area contributed by atoms with Gasteiger partial charge in [0, 0.05) is 23.6 Å². The number of hydrogen-bond donors (Lipinski definition) is 3. The number of pyridine rings is 1. The molecular formula is C30H26N4O6S. The Morgan fingerprint density at radius 1 is 0.927 bits per heavy atom. The molecule has 2 aromatic heterocycles. The lowest BCUT2D eigenvalue weighted by atomic mass is 9.98. The first kappa shape index (κ1) is 27.8. The van der Waals surface area contributed by atoms with Crippen LogP contribution >= 0.6 is 0 Å². The number of rotatable bonds is 4. The standard InChI is InChI=1S/C23H18N4O3.C7H8O3S/c1-23(30)18-8-4-5-9-20(18)27(22(23)29)15-10-14(12-24-13-15)11-19-16-6-2-3-7-17(16)21(28)26-25-19;1-6-2-4-7(5-3-6)11(8,9)10/h2-10,12-13,30H,11H2,1H3,(H,26,28);2-5H,1H3,(H,8,9,10). The van der Waals surface area contributed by atoms with Crippen molar-refractivity contribution in [3.63, 3.8) is 0 Å². The second kappa shape index (κ2) is 10.7. The zero-order valence-corrected chi connectivity index (χ0v) is 23.0. The van der Waals surface area contributed by atoms with Gasteiger partial charge in [-0.3, -0.25) is 24.0 Å². The van der Waals surface area contributed by atoms with Crippen LogP contribution in [-0.2, 0) is 26.9 Å². The third kappa shape index (κ3) is 5.50. The number of benzene rings is 3. The number of nitrogens with one attached hydrogen (secondary N) is 1. The van der Waals surface area contributed by atoms with Crippen LogP contribution in [0.2, 0.25) is 0 Å². The van der Waals surface area contributed by atoms with Gasteiger partial charge in [-0.25, -0.2) is 5.10 Å². The van der Waals surface area contributed by atoms with E-state index in [-0.39, 0.29) is 10.5 Å². The Morgan fingerprint density at radius 3 is 2.29 bits per heavy atom. The molecule has 1 unspecified atom stereocenters. The van der Waals surface area contributed by atoms with E-state index in [2.05, 4.69) is 15.2 Å². The molecule has 6 rings (SSSR count). The molecular weight excluding hydrogens is 544 g/mol. The molecule has 3 N–H and O–H groups in total. The summed E-state index contributed by atoms with van der Waals surface area (Å²) in [7, 11) is -4.02. The molecule has 0 fully saturated rings. The largest absolute Gasteiger partial charge is 0.375 e. The number of anilines is 2. The lowest BCUT2D eigenvalue weighted by Crippen LogP contribution is -2.35. The van der Waals surface area contributed by atoms with Gasteiger partial charge in [-0.05, 0) is 49.7 Å². The highest BCUT2D eigenvalue weighted by Crippen LogP contribution is 2.43. The van der Waals surface area contributed by atoms with Gasteiger partial charge in [-0.15, -0.1) is 0 Å². The van der Waals surface area contributed by atoms with E-state index in [0.717, 1.165) is 16.5 Å². The van der Waals surface area contributed by atoms with Crippen LogP contribution in [0.15, 0.2) is 101 Å². The Bertz CT molecular complexity index is 1940. The monoisotopic (exact) mass is 570 g/mol. The number of nitrogens with zero attached hydrogens (tertiary/aromatic N) is 3. The van der Waals surface area contributed by atoms with E-state index < -0.39 is 21.6 Å². The van der Waals surface area contributed by atoms with Gasteiger partial charge in [0.15, 0.2) is 5.60 Å². The molecule has 0 bridgehead atoms. The number of carbonyl (C=O) groups excluding carboxylic acids is 1. The molecule has 1 aliphatic rings. The third-order valence-electron chi connectivity index (χ3n) is 6.79. The van der Waals surface area contributed by atoms with E-state index in [9.17, 15) is 23.1 Å². The summed E-state index contributed by atoms with van der Waals surface area (Å²) in [6, 6.07) is 22.3. The first-order chi connectivity index (χ1) is 19.5. The molecule has 1 atom stereocenters. The number of amides is 1. The van der Waals surface area contributed by atoms with Crippen molar-refractivity contribution in [2.45, 2.75) is 30.8 Å². The highest BCUT2D eigenvalue weighted by molar-refractivity contribution is 7.85. The Balaban J connectivity index is 0.000000259. The maximum atomic E-state index is 13.0. The second-order valence-electron chi connectivity index (χ2n) is 9.79. The molecule has 0 aliphatic carbocycles. The second-order valence-corrected chi connectivity index (χ2v) is 11.2. The van der Waals surface area contributed by atoms with Crippen molar-refractivity contribution < 1.29 is 22.9 Å². The number of hydrogen-bond acceptors (Lipinski definition) is 7. The fourth-order valence-corrected chi connectivity index (χ4v) is 5.16. The van der Waals surface area contributed by atoms with Crippen molar-refractivity contribution in [1.29, 1.82) is 0 Å². The number of aryl methyl sites for hydroxylation is 1. The SMILES string of the molecule is CC1(O)C(=O)N(c2cncc(Cc3n[nH]c(=O)c4ccccc34)c2)c2ccccc21.Cc1ccc(S(=O)(=O)O)cc1. The summed E-state index contributed by atoms with van der Waals surface area (Å²) in [5.41, 5.74) is 2.44. The Labute approximate surface area is 235 Å². The summed E-state index contributed by atoms with van der Waals surface area (Å²) in [5.74, 6) is -0.421. The average Bonchev–Trinajstić information content (AvgIpc) is 3.15. The Morgan fingerprint density at radius 2 is 1.59 bits per heavy atom. The third-order valence-corrected chi connectivity index (χ3v) is 7.66. The minimum atomic E-state index is -4.02. The Kier molecular flexibility index (Phi) is 7.26. The van der Waals surface area contributed by atoms with E-state index in [4.69, 9.17) is 4.55 Å². The quantitative estimate of drug-likeness (QED) is 0.274. The van der Waals surface area contributed by atoms with Crippen molar-refractivity contribution in [1.82, 2.24) is 15.2 Å². The van der Waals surface area contributed by atoms with Gasteiger partial charge in [0.1, 0.15) is 0 Å². The van der Waals surface area contributed by atoms with Crippen LogP contribution in [0.25, 0.3) is 10.8 Å². The Hall–Kier alpha value is -4.71. The summed E-state index contributed by atoms with van der Waals surface area (Å²) in [6.45, 7) is 3.34. The van der Waals surface area contributed by atoms with Gasteiger partial charge in [0.25, 0.3) is 21.6 Å². The fraction of sp³-hybridized carbons (Fsp3) is 0.133. The summed E-state index contributed by atoms with van der Waals surface area (Å²) in [6.07, 6.45) is 3.73. The predicted molar refractivity (Wildman–Crippen MR) is 154 cm³/mol. The van der Waals surface area contributed by atoms with Gasteiger partial charge in [-0.1, -0.05) is 54.1 Å². The number of aliphatic hydroxyl groups is 1. The molecule has 0 saturated carbocycles. The van der Waals surface area contributed by atoms with Crippen molar-refractivity contribution in [3.8, 4) is 0 Å². The number of fused-ring (bicyclic) bond motifs is 2. The van der Waals surface area contributed by atoms with Crippen LogP contribution in [0.1, 0.15) is 29.3 Å². The summed E-state index contributed by atoms with van der Waals surface area (Å²) >= 11 is 0. The van der Waals surface area contributed by atoms with E-state index in [1.165, 1.54) is 24.0 Å². The highest BCUT2D eigenvalue weighted by atomic mass is 32.2. The van der Waals surface area contributed by atoms with Crippen LogP contribution in [0.5, 0.6) is 0 Å². The van der Waals surface area contributed by atoms with E-state index >= 15 is 0 Å². The molecule has 1 amide bonds. The van der Waals surface area contributed by atoms with Gasteiger partial charge < -0.3 is 5.11 Å². The smallest absolute Gasteiger partial charge is 0.294 e. The molecule has 0 spiro atoms. The average molecular weight is 571 g/mol. The molecule has 3 aromatic carbocycles. The summed E-state index contributed by atoms with van der Waals surface area (Å²) < 4.78 is 29.6. The van der Waals surface area contributed by atoms with Crippen molar-refractivity contribution in [2.24, 2.45) is 0 Å². The molecule has 0 radical (unpaired) electrons. The summed E-state index contributed by atoms with van der Waals surface area (Å²) in [5, 5.41) is 18.8. The minimum absolute atomic E-state index is 0.0666. The van der Waals surface area contributed by atoms with E-state index in [1.807, 2.05) is 37.3 Å². The minimum Gasteiger partial charge on any atom is -0.375 e. The highest BCUT2D eigenvalue weighted by Gasteiger charge is 2.46. The van der Waals surface area contributed by atoms with Crippen LogP contribution in [0.4, 0.5) is 11.4 Å². The number of aromatic amines is 1. The first-order valence-corrected chi connectivity index (χ1v) is 14.0. The fourth-order valence-electron chi connectivity index (χ4n) is 4.68. The first-order valence-electron chi connectivity index (χ1n) is 12.6. The lowest BCUT2D eigenvalue weighted by molar-refractivity contribution is -0.133. The molecule has 1 aliphatic heterocycles. The van der Waals surface area contributed by atoms with E-state index in [1.54, 1.807) is 48.8 Å². The van der Waals surface area contributed by atoms with Crippen molar-refractivity contribution >= 4 is 38.2 Å². The van der Waals surface area contributed by atoms with Crippen LogP contribution < -0.4 is 10.5 Å². The van der Waals surface area contributed by atoms with Crippen LogP contribution in [-0.4, -0.2) is 39.2 Å². The molecule has 208 valence electrons. The van der Waals surface area contributed by atoms with Crippen molar-refractivity contribution in [2.75, 3.05) is 4.90 Å². The maximum Gasteiger partial charge on any atom is 0.294 e. The molecule has 11 heteroatoms. The van der Waals surface area contributed by atoms with Gasteiger partial charge >= 0.3 is 0 Å².